The number of carbonyl (C=O) groups is 1. The third kappa shape index (κ3) is 3.39. The van der Waals surface area contributed by atoms with E-state index in [-0.39, 0.29) is 5.91 Å². The highest BCUT2D eigenvalue weighted by Crippen LogP contribution is 2.29. The maximum atomic E-state index is 12.9. The molecule has 0 aliphatic heterocycles. The van der Waals surface area contributed by atoms with Gasteiger partial charge in [0.25, 0.3) is 5.91 Å². The normalized spacial score (nSPS) is 10.1. The Morgan fingerprint density at radius 1 is 0.955 bits per heavy atom. The minimum Gasteiger partial charge on any atom is -0.496 e. The first-order chi connectivity index (χ1) is 10.7. The lowest BCUT2D eigenvalue weighted by molar-refractivity contribution is 0.0745. The first-order valence-electron chi connectivity index (χ1n) is 7.25. The number of ether oxygens (including phenoxy) is 2. The molecule has 4 heteroatoms. The van der Waals surface area contributed by atoms with Crippen LogP contribution in [0.2, 0.25) is 0 Å². The molecule has 0 unspecified atom stereocenters. The molecule has 0 bridgehead atoms. The molecule has 2 aromatic carbocycles. The fourth-order valence-corrected chi connectivity index (χ4v) is 2.35. The van der Waals surface area contributed by atoms with Crippen LogP contribution in [0.1, 0.15) is 22.8 Å². The number of methoxy groups -OCH3 is 2. The van der Waals surface area contributed by atoms with Crippen molar-refractivity contribution in [1.82, 2.24) is 4.90 Å². The van der Waals surface area contributed by atoms with Crippen LogP contribution in [0.5, 0.6) is 11.5 Å². The van der Waals surface area contributed by atoms with Gasteiger partial charge in [-0.2, -0.15) is 0 Å². The first-order valence-corrected chi connectivity index (χ1v) is 7.25. The fourth-order valence-electron chi connectivity index (χ4n) is 2.35. The van der Waals surface area contributed by atoms with E-state index in [0.717, 1.165) is 5.56 Å². The molecular formula is C18H21NO3. The Balaban J connectivity index is 2.32. The second kappa shape index (κ2) is 7.50. The zero-order valence-corrected chi connectivity index (χ0v) is 13.2. The van der Waals surface area contributed by atoms with Gasteiger partial charge < -0.3 is 14.4 Å². The van der Waals surface area contributed by atoms with Crippen molar-refractivity contribution in [3.63, 3.8) is 0 Å². The molecule has 2 rings (SSSR count). The van der Waals surface area contributed by atoms with Gasteiger partial charge in [0.05, 0.1) is 14.2 Å². The Morgan fingerprint density at radius 3 is 2.05 bits per heavy atom. The van der Waals surface area contributed by atoms with Crippen molar-refractivity contribution in [2.45, 2.75) is 13.5 Å². The van der Waals surface area contributed by atoms with E-state index in [4.69, 9.17) is 9.47 Å². The largest absolute Gasteiger partial charge is 0.496 e. The average Bonchev–Trinajstić information content (AvgIpc) is 2.59. The van der Waals surface area contributed by atoms with E-state index in [1.807, 2.05) is 43.3 Å². The van der Waals surface area contributed by atoms with Gasteiger partial charge >= 0.3 is 0 Å². The number of hydrogen-bond acceptors (Lipinski definition) is 3. The van der Waals surface area contributed by atoms with Crippen molar-refractivity contribution in [2.75, 3.05) is 20.8 Å². The summed E-state index contributed by atoms with van der Waals surface area (Å²) < 4.78 is 10.7. The van der Waals surface area contributed by atoms with E-state index in [9.17, 15) is 4.79 Å². The highest BCUT2D eigenvalue weighted by molar-refractivity contribution is 5.99. The lowest BCUT2D eigenvalue weighted by Crippen LogP contribution is -2.31. The van der Waals surface area contributed by atoms with Crippen LogP contribution in [0.25, 0.3) is 0 Å². The summed E-state index contributed by atoms with van der Waals surface area (Å²) in [5.41, 5.74) is 1.55. The Labute approximate surface area is 131 Å². The molecule has 0 radical (unpaired) electrons. The zero-order valence-electron chi connectivity index (χ0n) is 13.2. The highest BCUT2D eigenvalue weighted by Gasteiger charge is 2.23. The van der Waals surface area contributed by atoms with Gasteiger partial charge in [0, 0.05) is 13.1 Å². The maximum absolute atomic E-state index is 12.9. The van der Waals surface area contributed by atoms with E-state index >= 15 is 0 Å². The summed E-state index contributed by atoms with van der Waals surface area (Å²) in [6.07, 6.45) is 0. The van der Waals surface area contributed by atoms with Gasteiger partial charge in [0.2, 0.25) is 0 Å². The second-order valence-electron chi connectivity index (χ2n) is 4.84. The maximum Gasteiger partial charge on any atom is 0.261 e. The van der Waals surface area contributed by atoms with Gasteiger partial charge in [0.15, 0.2) is 0 Å². The molecule has 0 heterocycles. The van der Waals surface area contributed by atoms with E-state index in [1.54, 1.807) is 31.3 Å². The van der Waals surface area contributed by atoms with Crippen LogP contribution < -0.4 is 9.47 Å². The average molecular weight is 299 g/mol. The summed E-state index contributed by atoms with van der Waals surface area (Å²) in [5.74, 6) is 0.951. The van der Waals surface area contributed by atoms with E-state index in [2.05, 4.69) is 0 Å². The molecule has 0 fully saturated rings. The SMILES string of the molecule is CCN(Cc1ccccc1)C(=O)c1c(OC)cccc1OC. The quantitative estimate of drug-likeness (QED) is 0.821. The van der Waals surface area contributed by atoms with Gasteiger partial charge in [-0.1, -0.05) is 36.4 Å². The Morgan fingerprint density at radius 2 is 1.55 bits per heavy atom. The Hall–Kier alpha value is -2.49. The van der Waals surface area contributed by atoms with Gasteiger partial charge in [-0.3, -0.25) is 4.79 Å². The predicted molar refractivity (Wildman–Crippen MR) is 86.4 cm³/mol. The molecule has 0 saturated heterocycles. The molecule has 0 N–H and O–H groups in total. The van der Waals surface area contributed by atoms with Crippen molar-refractivity contribution in [1.29, 1.82) is 0 Å². The number of rotatable bonds is 6. The molecule has 0 aliphatic rings. The summed E-state index contributed by atoms with van der Waals surface area (Å²) in [4.78, 5) is 14.7. The smallest absolute Gasteiger partial charge is 0.261 e. The van der Waals surface area contributed by atoms with Crippen molar-refractivity contribution in [3.8, 4) is 11.5 Å². The van der Waals surface area contributed by atoms with Gasteiger partial charge in [-0.05, 0) is 24.6 Å². The van der Waals surface area contributed by atoms with Crippen LogP contribution in [0, 0.1) is 0 Å². The van der Waals surface area contributed by atoms with E-state index < -0.39 is 0 Å². The number of nitrogens with zero attached hydrogens (tertiary/aromatic N) is 1. The number of carbonyl (C=O) groups excluding carboxylic acids is 1. The predicted octanol–water partition coefficient (Wildman–Crippen LogP) is 3.37. The first kappa shape index (κ1) is 15.9. The summed E-state index contributed by atoms with van der Waals surface area (Å²) in [6, 6.07) is 15.3. The molecule has 1 amide bonds. The molecular weight excluding hydrogens is 278 g/mol. The Kier molecular flexibility index (Phi) is 5.42. The second-order valence-corrected chi connectivity index (χ2v) is 4.84. The molecule has 116 valence electrons. The van der Waals surface area contributed by atoms with Crippen LogP contribution in [0.3, 0.4) is 0 Å². The molecule has 0 aliphatic carbocycles. The zero-order chi connectivity index (χ0) is 15.9. The summed E-state index contributed by atoms with van der Waals surface area (Å²) >= 11 is 0. The lowest BCUT2D eigenvalue weighted by Gasteiger charge is -2.23. The van der Waals surface area contributed by atoms with Crippen molar-refractivity contribution in [2.24, 2.45) is 0 Å². The molecule has 22 heavy (non-hydrogen) atoms. The monoisotopic (exact) mass is 299 g/mol. The molecule has 0 atom stereocenters. The minimum atomic E-state index is -0.0966. The van der Waals surface area contributed by atoms with Crippen molar-refractivity contribution < 1.29 is 14.3 Å². The minimum absolute atomic E-state index is 0.0966. The van der Waals surface area contributed by atoms with Crippen LogP contribution in [-0.2, 0) is 6.54 Å². The lowest BCUT2D eigenvalue weighted by atomic mass is 10.1. The third-order valence-electron chi connectivity index (χ3n) is 3.53. The Bertz CT molecular complexity index is 603. The standard InChI is InChI=1S/C18H21NO3/c1-4-19(13-14-9-6-5-7-10-14)18(20)17-15(21-2)11-8-12-16(17)22-3/h5-12H,4,13H2,1-3H3. The van der Waals surface area contributed by atoms with Crippen molar-refractivity contribution >= 4 is 5.91 Å². The molecule has 2 aromatic rings. The number of hydrogen-bond donors (Lipinski definition) is 0. The van der Waals surface area contributed by atoms with Crippen LogP contribution in [-0.4, -0.2) is 31.6 Å². The van der Waals surface area contributed by atoms with Crippen LogP contribution >= 0.6 is 0 Å². The number of benzene rings is 2. The summed E-state index contributed by atoms with van der Waals surface area (Å²) in [6.45, 7) is 3.12. The topological polar surface area (TPSA) is 38.8 Å². The number of amides is 1. The summed E-state index contributed by atoms with van der Waals surface area (Å²) in [5, 5.41) is 0. The van der Waals surface area contributed by atoms with Crippen molar-refractivity contribution in [3.05, 3.63) is 59.7 Å². The molecule has 4 nitrogen and oxygen atoms in total. The highest BCUT2D eigenvalue weighted by atomic mass is 16.5. The van der Waals surface area contributed by atoms with Crippen LogP contribution in [0.15, 0.2) is 48.5 Å². The molecule has 0 spiro atoms. The van der Waals surface area contributed by atoms with Gasteiger partial charge in [-0.25, -0.2) is 0 Å². The van der Waals surface area contributed by atoms with Gasteiger partial charge in [-0.15, -0.1) is 0 Å². The van der Waals surface area contributed by atoms with E-state index in [0.29, 0.717) is 30.2 Å². The van der Waals surface area contributed by atoms with Crippen LogP contribution in [0.4, 0.5) is 0 Å². The molecule has 0 aromatic heterocycles. The summed E-state index contributed by atoms with van der Waals surface area (Å²) in [7, 11) is 3.11. The third-order valence-corrected chi connectivity index (χ3v) is 3.53. The van der Waals surface area contributed by atoms with Gasteiger partial charge in [0.1, 0.15) is 17.1 Å². The fraction of sp³-hybridized carbons (Fsp3) is 0.278. The molecule has 0 saturated carbocycles. The van der Waals surface area contributed by atoms with E-state index in [1.165, 1.54) is 0 Å².